The molecule has 1 aromatic rings. The number of rotatable bonds is 4. The molecule has 0 spiro atoms. The Kier molecular flexibility index (Phi) is 3.55. The summed E-state index contributed by atoms with van der Waals surface area (Å²) in [6, 6.07) is 2.93. The van der Waals surface area contributed by atoms with Crippen LogP contribution in [0.5, 0.6) is 17.2 Å². The number of methoxy groups -OCH3 is 1. The highest BCUT2D eigenvalue weighted by Crippen LogP contribution is 2.37. The van der Waals surface area contributed by atoms with Gasteiger partial charge in [0.25, 0.3) is 0 Å². The third kappa shape index (κ3) is 2.62. The van der Waals surface area contributed by atoms with E-state index in [-0.39, 0.29) is 23.4 Å². The van der Waals surface area contributed by atoms with E-state index in [1.807, 2.05) is 13.8 Å². The molecule has 0 aromatic heterocycles. The Labute approximate surface area is 88.4 Å². The molecule has 0 bridgehead atoms. The smallest absolute Gasteiger partial charge is 0.200 e. The SMILES string of the molecule is COc1cc(C=O)cc(OC(C)C)c1O. The normalized spacial score (nSPS) is 10.1. The van der Waals surface area contributed by atoms with Crippen molar-refractivity contribution in [2.75, 3.05) is 7.11 Å². The summed E-state index contributed by atoms with van der Waals surface area (Å²) in [6.07, 6.45) is 0.595. The maximum Gasteiger partial charge on any atom is 0.200 e. The molecular weight excluding hydrogens is 196 g/mol. The van der Waals surface area contributed by atoms with Crippen LogP contribution in [-0.4, -0.2) is 24.6 Å². The lowest BCUT2D eigenvalue weighted by molar-refractivity contribution is 0.112. The number of aldehydes is 1. The van der Waals surface area contributed by atoms with Gasteiger partial charge in [-0.25, -0.2) is 0 Å². The molecule has 1 N–H and O–H groups in total. The Bertz CT molecular complexity index is 358. The second-order valence-corrected chi connectivity index (χ2v) is 3.35. The van der Waals surface area contributed by atoms with Gasteiger partial charge in [0.05, 0.1) is 13.2 Å². The van der Waals surface area contributed by atoms with E-state index < -0.39 is 0 Å². The zero-order chi connectivity index (χ0) is 11.4. The van der Waals surface area contributed by atoms with Crippen molar-refractivity contribution >= 4 is 6.29 Å². The molecule has 0 heterocycles. The van der Waals surface area contributed by atoms with E-state index in [9.17, 15) is 9.90 Å². The van der Waals surface area contributed by atoms with Gasteiger partial charge in [-0.05, 0) is 26.0 Å². The van der Waals surface area contributed by atoms with E-state index in [1.54, 1.807) is 0 Å². The van der Waals surface area contributed by atoms with E-state index in [2.05, 4.69) is 0 Å². The van der Waals surface area contributed by atoms with Gasteiger partial charge in [-0.2, -0.15) is 0 Å². The van der Waals surface area contributed by atoms with Gasteiger partial charge in [-0.15, -0.1) is 0 Å². The number of aromatic hydroxyl groups is 1. The fraction of sp³-hybridized carbons (Fsp3) is 0.364. The van der Waals surface area contributed by atoms with Crippen LogP contribution in [0.15, 0.2) is 12.1 Å². The van der Waals surface area contributed by atoms with Gasteiger partial charge in [-0.1, -0.05) is 0 Å². The van der Waals surface area contributed by atoms with Crippen molar-refractivity contribution in [1.29, 1.82) is 0 Å². The average molecular weight is 210 g/mol. The molecule has 15 heavy (non-hydrogen) atoms. The van der Waals surface area contributed by atoms with Gasteiger partial charge >= 0.3 is 0 Å². The number of carbonyl (C=O) groups is 1. The van der Waals surface area contributed by atoms with Crippen LogP contribution in [0.4, 0.5) is 0 Å². The molecule has 0 atom stereocenters. The van der Waals surface area contributed by atoms with E-state index in [0.717, 1.165) is 0 Å². The Morgan fingerprint density at radius 2 is 1.93 bits per heavy atom. The van der Waals surface area contributed by atoms with Crippen LogP contribution in [0.1, 0.15) is 24.2 Å². The number of hydrogen-bond donors (Lipinski definition) is 1. The van der Waals surface area contributed by atoms with Crippen molar-refractivity contribution in [3.8, 4) is 17.2 Å². The summed E-state index contributed by atoms with van der Waals surface area (Å²) in [4.78, 5) is 10.6. The first-order chi connectivity index (χ1) is 7.08. The van der Waals surface area contributed by atoms with E-state index in [0.29, 0.717) is 11.8 Å². The molecule has 4 heteroatoms. The lowest BCUT2D eigenvalue weighted by Gasteiger charge is -2.13. The second kappa shape index (κ2) is 4.68. The summed E-state index contributed by atoms with van der Waals surface area (Å²) in [5, 5.41) is 9.69. The fourth-order valence-electron chi connectivity index (χ4n) is 1.17. The standard InChI is InChI=1S/C11H14O4/c1-7(2)15-10-5-8(6-12)4-9(14-3)11(10)13/h4-7,13H,1-3H3. The van der Waals surface area contributed by atoms with Crippen molar-refractivity contribution in [1.82, 2.24) is 0 Å². The first-order valence-electron chi connectivity index (χ1n) is 4.61. The molecule has 82 valence electrons. The number of carbonyl (C=O) groups excluding carboxylic acids is 1. The summed E-state index contributed by atoms with van der Waals surface area (Å²) < 4.78 is 10.3. The van der Waals surface area contributed by atoms with Gasteiger partial charge in [0.2, 0.25) is 5.75 Å². The number of phenolic OH excluding ortho intramolecular Hbond substituents is 1. The quantitative estimate of drug-likeness (QED) is 0.772. The highest BCUT2D eigenvalue weighted by atomic mass is 16.5. The zero-order valence-electron chi connectivity index (χ0n) is 8.98. The summed E-state index contributed by atoms with van der Waals surface area (Å²) in [7, 11) is 1.42. The van der Waals surface area contributed by atoms with Crippen molar-refractivity contribution in [3.63, 3.8) is 0 Å². The molecule has 0 aliphatic heterocycles. The monoisotopic (exact) mass is 210 g/mol. The molecule has 1 aromatic carbocycles. The molecule has 0 saturated heterocycles. The highest BCUT2D eigenvalue weighted by molar-refractivity contribution is 5.78. The third-order valence-corrected chi connectivity index (χ3v) is 1.78. The topological polar surface area (TPSA) is 55.8 Å². The van der Waals surface area contributed by atoms with E-state index in [4.69, 9.17) is 9.47 Å². The van der Waals surface area contributed by atoms with Crippen LogP contribution >= 0.6 is 0 Å². The Morgan fingerprint density at radius 1 is 1.33 bits per heavy atom. The molecule has 0 saturated carbocycles. The Hall–Kier alpha value is -1.71. The summed E-state index contributed by atoms with van der Waals surface area (Å²) in [6.45, 7) is 3.67. The molecule has 0 unspecified atom stereocenters. The van der Waals surface area contributed by atoms with Crippen molar-refractivity contribution in [3.05, 3.63) is 17.7 Å². The van der Waals surface area contributed by atoms with Crippen LogP contribution < -0.4 is 9.47 Å². The predicted octanol–water partition coefficient (Wildman–Crippen LogP) is 2.00. The van der Waals surface area contributed by atoms with Crippen LogP contribution in [0.25, 0.3) is 0 Å². The summed E-state index contributed by atoms with van der Waals surface area (Å²) in [5.41, 5.74) is 0.403. The predicted molar refractivity (Wildman–Crippen MR) is 55.8 cm³/mol. The number of benzene rings is 1. The minimum atomic E-state index is -0.0863. The highest BCUT2D eigenvalue weighted by Gasteiger charge is 2.12. The lowest BCUT2D eigenvalue weighted by atomic mass is 10.2. The maximum atomic E-state index is 10.6. The molecule has 0 aliphatic carbocycles. The van der Waals surface area contributed by atoms with Gasteiger partial charge in [0.15, 0.2) is 11.5 Å². The van der Waals surface area contributed by atoms with Crippen molar-refractivity contribution in [2.45, 2.75) is 20.0 Å². The minimum absolute atomic E-state index is 0.0810. The van der Waals surface area contributed by atoms with E-state index >= 15 is 0 Å². The van der Waals surface area contributed by atoms with Gasteiger partial charge in [0, 0.05) is 5.56 Å². The number of phenols is 1. The van der Waals surface area contributed by atoms with Crippen LogP contribution in [-0.2, 0) is 0 Å². The minimum Gasteiger partial charge on any atom is -0.502 e. The summed E-state index contributed by atoms with van der Waals surface area (Å²) >= 11 is 0. The van der Waals surface area contributed by atoms with Gasteiger partial charge < -0.3 is 14.6 Å². The van der Waals surface area contributed by atoms with Crippen LogP contribution in [0, 0.1) is 0 Å². The number of hydrogen-bond acceptors (Lipinski definition) is 4. The fourth-order valence-corrected chi connectivity index (χ4v) is 1.17. The largest absolute Gasteiger partial charge is 0.502 e. The van der Waals surface area contributed by atoms with Crippen molar-refractivity contribution < 1.29 is 19.4 Å². The first kappa shape index (κ1) is 11.4. The molecule has 0 radical (unpaired) electrons. The second-order valence-electron chi connectivity index (χ2n) is 3.35. The molecule has 0 aliphatic rings. The molecule has 1 rings (SSSR count). The van der Waals surface area contributed by atoms with E-state index in [1.165, 1.54) is 19.2 Å². The van der Waals surface area contributed by atoms with Crippen LogP contribution in [0.3, 0.4) is 0 Å². The zero-order valence-corrected chi connectivity index (χ0v) is 8.98. The number of ether oxygens (including phenoxy) is 2. The van der Waals surface area contributed by atoms with Gasteiger partial charge in [-0.3, -0.25) is 4.79 Å². The molecular formula is C11H14O4. The average Bonchev–Trinajstić information content (AvgIpc) is 2.20. The molecule has 0 fully saturated rings. The lowest BCUT2D eigenvalue weighted by Crippen LogP contribution is -2.06. The summed E-state index contributed by atoms with van der Waals surface area (Å²) in [5.74, 6) is 0.401. The van der Waals surface area contributed by atoms with Gasteiger partial charge in [0.1, 0.15) is 6.29 Å². The van der Waals surface area contributed by atoms with Crippen molar-refractivity contribution in [2.24, 2.45) is 0 Å². The molecule has 4 nitrogen and oxygen atoms in total. The first-order valence-corrected chi connectivity index (χ1v) is 4.61. The Morgan fingerprint density at radius 3 is 2.40 bits per heavy atom. The molecule has 0 amide bonds. The Balaban J connectivity index is 3.17. The van der Waals surface area contributed by atoms with Crippen LogP contribution in [0.2, 0.25) is 0 Å². The maximum absolute atomic E-state index is 10.6. The third-order valence-electron chi connectivity index (χ3n) is 1.78.